The van der Waals surface area contributed by atoms with E-state index in [2.05, 4.69) is 15.3 Å². The Morgan fingerprint density at radius 1 is 1.24 bits per heavy atom. The van der Waals surface area contributed by atoms with Gasteiger partial charge in [-0.15, -0.1) is 11.3 Å². The van der Waals surface area contributed by atoms with Crippen LogP contribution >= 0.6 is 11.3 Å². The largest absolute Gasteiger partial charge is 0.480 e. The SMILES string of the molecule is O=C(NCCc1csc(-c2ccncc2)n1)[C@@H]1Cc2ccccc2O1. The van der Waals surface area contributed by atoms with Crippen molar-refractivity contribution in [3.63, 3.8) is 0 Å². The third kappa shape index (κ3) is 3.53. The maximum Gasteiger partial charge on any atom is 0.261 e. The van der Waals surface area contributed by atoms with E-state index in [9.17, 15) is 4.79 Å². The molecule has 0 spiro atoms. The first kappa shape index (κ1) is 15.8. The van der Waals surface area contributed by atoms with Gasteiger partial charge in [-0.2, -0.15) is 0 Å². The van der Waals surface area contributed by atoms with Crippen molar-refractivity contribution in [2.24, 2.45) is 0 Å². The number of benzene rings is 1. The number of hydrogen-bond donors (Lipinski definition) is 1. The van der Waals surface area contributed by atoms with Crippen molar-refractivity contribution in [2.75, 3.05) is 6.54 Å². The minimum absolute atomic E-state index is 0.0687. The molecule has 3 heterocycles. The molecule has 126 valence electrons. The number of nitrogens with one attached hydrogen (secondary N) is 1. The lowest BCUT2D eigenvalue weighted by molar-refractivity contribution is -0.127. The molecular formula is C19H17N3O2S. The van der Waals surface area contributed by atoms with Crippen molar-refractivity contribution < 1.29 is 9.53 Å². The van der Waals surface area contributed by atoms with Gasteiger partial charge < -0.3 is 10.1 Å². The highest BCUT2D eigenvalue weighted by atomic mass is 32.1. The van der Waals surface area contributed by atoms with E-state index >= 15 is 0 Å². The third-order valence-electron chi connectivity index (χ3n) is 4.10. The van der Waals surface area contributed by atoms with E-state index in [0.29, 0.717) is 19.4 Å². The fraction of sp³-hybridized carbons (Fsp3) is 0.211. The predicted molar refractivity (Wildman–Crippen MR) is 96.6 cm³/mol. The molecule has 6 heteroatoms. The van der Waals surface area contributed by atoms with Crippen LogP contribution in [0.5, 0.6) is 5.75 Å². The summed E-state index contributed by atoms with van der Waals surface area (Å²) in [6, 6.07) is 11.7. The summed E-state index contributed by atoms with van der Waals surface area (Å²) < 4.78 is 5.70. The number of rotatable bonds is 5. The standard InChI is InChI=1S/C19H17N3O2S/c23-18(17-11-14-3-1-2-4-16(14)24-17)21-10-7-15-12-25-19(22-15)13-5-8-20-9-6-13/h1-6,8-9,12,17H,7,10-11H2,(H,21,23)/t17-/m0/s1. The summed E-state index contributed by atoms with van der Waals surface area (Å²) in [5, 5.41) is 5.95. The fourth-order valence-corrected chi connectivity index (χ4v) is 3.67. The second-order valence-electron chi connectivity index (χ2n) is 5.84. The Morgan fingerprint density at radius 2 is 2.08 bits per heavy atom. The fourth-order valence-electron chi connectivity index (χ4n) is 2.80. The predicted octanol–water partition coefficient (Wildman–Crippen LogP) is 2.87. The quantitative estimate of drug-likeness (QED) is 0.768. The number of fused-ring (bicyclic) bond motifs is 1. The van der Waals surface area contributed by atoms with Gasteiger partial charge in [0.1, 0.15) is 10.8 Å². The number of aromatic nitrogens is 2. The summed E-state index contributed by atoms with van der Waals surface area (Å²) in [7, 11) is 0. The van der Waals surface area contributed by atoms with E-state index in [1.165, 1.54) is 0 Å². The Balaban J connectivity index is 1.29. The number of pyridine rings is 1. The van der Waals surface area contributed by atoms with Crippen LogP contribution in [0, 0.1) is 0 Å². The van der Waals surface area contributed by atoms with Crippen molar-refractivity contribution in [3.8, 4) is 16.3 Å². The number of ether oxygens (including phenoxy) is 1. The summed E-state index contributed by atoms with van der Waals surface area (Å²) in [6.45, 7) is 0.550. The highest BCUT2D eigenvalue weighted by Gasteiger charge is 2.28. The highest BCUT2D eigenvalue weighted by Crippen LogP contribution is 2.28. The lowest BCUT2D eigenvalue weighted by Crippen LogP contribution is -2.38. The number of carbonyl (C=O) groups is 1. The van der Waals surface area contributed by atoms with E-state index in [-0.39, 0.29) is 5.91 Å². The van der Waals surface area contributed by atoms with Crippen molar-refractivity contribution in [3.05, 3.63) is 65.4 Å². The van der Waals surface area contributed by atoms with E-state index in [1.807, 2.05) is 41.8 Å². The number of para-hydroxylation sites is 1. The first-order valence-corrected chi connectivity index (χ1v) is 9.04. The van der Waals surface area contributed by atoms with Crippen LogP contribution in [0.2, 0.25) is 0 Å². The second kappa shape index (κ2) is 7.03. The Kier molecular flexibility index (Phi) is 4.43. The van der Waals surface area contributed by atoms with Crippen LogP contribution in [-0.2, 0) is 17.6 Å². The first-order chi connectivity index (χ1) is 12.3. The van der Waals surface area contributed by atoms with Crippen molar-refractivity contribution in [2.45, 2.75) is 18.9 Å². The zero-order valence-corrected chi connectivity index (χ0v) is 14.3. The van der Waals surface area contributed by atoms with Gasteiger partial charge in [-0.25, -0.2) is 4.98 Å². The van der Waals surface area contributed by atoms with Crippen LogP contribution in [-0.4, -0.2) is 28.5 Å². The molecule has 0 saturated carbocycles. The number of amides is 1. The molecule has 4 rings (SSSR count). The molecule has 3 aromatic rings. The molecule has 0 radical (unpaired) electrons. The second-order valence-corrected chi connectivity index (χ2v) is 6.70. The molecule has 0 fully saturated rings. The Hall–Kier alpha value is -2.73. The molecule has 1 aromatic carbocycles. The van der Waals surface area contributed by atoms with Gasteiger partial charge in [-0.05, 0) is 23.8 Å². The molecule has 0 unspecified atom stereocenters. The van der Waals surface area contributed by atoms with Gasteiger partial charge in [0.2, 0.25) is 0 Å². The third-order valence-corrected chi connectivity index (χ3v) is 5.04. The normalized spacial score (nSPS) is 15.4. The summed E-state index contributed by atoms with van der Waals surface area (Å²) in [6.07, 6.45) is 4.42. The zero-order valence-electron chi connectivity index (χ0n) is 13.5. The molecule has 0 bridgehead atoms. The number of nitrogens with zero attached hydrogens (tertiary/aromatic N) is 2. The zero-order chi connectivity index (χ0) is 17.1. The van der Waals surface area contributed by atoms with Crippen molar-refractivity contribution >= 4 is 17.2 Å². The van der Waals surface area contributed by atoms with Crippen LogP contribution < -0.4 is 10.1 Å². The van der Waals surface area contributed by atoms with E-state index in [1.54, 1.807) is 23.7 Å². The van der Waals surface area contributed by atoms with Crippen LogP contribution in [0.3, 0.4) is 0 Å². The molecule has 0 aliphatic carbocycles. The number of carbonyl (C=O) groups excluding carboxylic acids is 1. The first-order valence-electron chi connectivity index (χ1n) is 8.17. The van der Waals surface area contributed by atoms with Gasteiger partial charge in [-0.1, -0.05) is 18.2 Å². The van der Waals surface area contributed by atoms with Crippen LogP contribution in [0.15, 0.2) is 54.2 Å². The molecule has 1 amide bonds. The Bertz CT molecular complexity index is 854. The summed E-state index contributed by atoms with van der Waals surface area (Å²) in [4.78, 5) is 20.9. The van der Waals surface area contributed by atoms with Gasteiger partial charge in [0.15, 0.2) is 6.10 Å². The Labute approximate surface area is 149 Å². The van der Waals surface area contributed by atoms with Crippen molar-refractivity contribution in [1.29, 1.82) is 0 Å². The molecule has 0 saturated heterocycles. The van der Waals surface area contributed by atoms with Crippen LogP contribution in [0.25, 0.3) is 10.6 Å². The monoisotopic (exact) mass is 351 g/mol. The molecule has 5 nitrogen and oxygen atoms in total. The topological polar surface area (TPSA) is 64.1 Å². The van der Waals surface area contributed by atoms with Gasteiger partial charge in [0.25, 0.3) is 5.91 Å². The summed E-state index contributed by atoms with van der Waals surface area (Å²) in [5.41, 5.74) is 3.13. The van der Waals surface area contributed by atoms with E-state index in [0.717, 1.165) is 27.6 Å². The van der Waals surface area contributed by atoms with Gasteiger partial charge in [0.05, 0.1) is 5.69 Å². The molecule has 1 N–H and O–H groups in total. The van der Waals surface area contributed by atoms with Crippen molar-refractivity contribution in [1.82, 2.24) is 15.3 Å². The smallest absolute Gasteiger partial charge is 0.261 e. The summed E-state index contributed by atoms with van der Waals surface area (Å²) in [5.74, 6) is 0.741. The van der Waals surface area contributed by atoms with Gasteiger partial charge in [0, 0.05) is 42.7 Å². The van der Waals surface area contributed by atoms with Gasteiger partial charge in [-0.3, -0.25) is 9.78 Å². The van der Waals surface area contributed by atoms with Gasteiger partial charge >= 0.3 is 0 Å². The highest BCUT2D eigenvalue weighted by molar-refractivity contribution is 7.13. The number of thiazole rings is 1. The average molecular weight is 351 g/mol. The minimum Gasteiger partial charge on any atom is -0.480 e. The maximum absolute atomic E-state index is 12.3. The van der Waals surface area contributed by atoms with Crippen LogP contribution in [0.4, 0.5) is 0 Å². The lowest BCUT2D eigenvalue weighted by atomic mass is 10.1. The van der Waals surface area contributed by atoms with E-state index < -0.39 is 6.10 Å². The molecule has 2 aromatic heterocycles. The lowest BCUT2D eigenvalue weighted by Gasteiger charge is -2.10. The van der Waals surface area contributed by atoms with Crippen LogP contribution in [0.1, 0.15) is 11.3 Å². The maximum atomic E-state index is 12.3. The molecular weight excluding hydrogens is 334 g/mol. The average Bonchev–Trinajstić information content (AvgIpc) is 3.29. The molecule has 1 aliphatic rings. The Morgan fingerprint density at radius 3 is 2.92 bits per heavy atom. The minimum atomic E-state index is -0.430. The molecule has 1 aliphatic heterocycles. The molecule has 25 heavy (non-hydrogen) atoms. The number of hydrogen-bond acceptors (Lipinski definition) is 5. The van der Waals surface area contributed by atoms with E-state index in [4.69, 9.17) is 4.74 Å². The summed E-state index contributed by atoms with van der Waals surface area (Å²) >= 11 is 1.60. The molecule has 1 atom stereocenters.